The molecule has 1 unspecified atom stereocenters. The van der Waals surface area contributed by atoms with E-state index in [4.69, 9.17) is 4.74 Å². The minimum absolute atomic E-state index is 0.186. The van der Waals surface area contributed by atoms with E-state index in [2.05, 4.69) is 10.3 Å². The second-order valence-corrected chi connectivity index (χ2v) is 5.59. The Bertz CT molecular complexity index is 827. The van der Waals surface area contributed by atoms with Crippen molar-refractivity contribution in [2.75, 3.05) is 7.11 Å². The number of hydrogen-bond donors (Lipinski definition) is 1. The number of hydrogen-bond acceptors (Lipinski definition) is 4. The molecule has 126 valence electrons. The highest BCUT2D eigenvalue weighted by Crippen LogP contribution is 2.21. The lowest BCUT2D eigenvalue weighted by atomic mass is 9.93. The normalized spacial score (nSPS) is 16.7. The first-order valence-electron chi connectivity index (χ1n) is 7.94. The van der Waals surface area contributed by atoms with Gasteiger partial charge in [-0.3, -0.25) is 14.6 Å². The predicted octanol–water partition coefficient (Wildman–Crippen LogP) is 2.46. The molecule has 25 heavy (non-hydrogen) atoms. The Morgan fingerprint density at radius 1 is 1.16 bits per heavy atom. The minimum Gasteiger partial charge on any atom is -0.496 e. The molecule has 1 N–H and O–H groups in total. The van der Waals surface area contributed by atoms with Crippen molar-refractivity contribution in [3.8, 4) is 0 Å². The third-order valence-corrected chi connectivity index (χ3v) is 3.94. The molecular formula is C20H18N2O3. The van der Waals surface area contributed by atoms with Crippen LogP contribution in [0.25, 0.3) is 0 Å². The Balaban J connectivity index is 1.79. The van der Waals surface area contributed by atoms with Gasteiger partial charge in [0.05, 0.1) is 7.11 Å². The molecule has 1 atom stereocenters. The zero-order valence-corrected chi connectivity index (χ0v) is 13.8. The van der Waals surface area contributed by atoms with Crippen LogP contribution in [0.3, 0.4) is 0 Å². The minimum atomic E-state index is -0.717. The van der Waals surface area contributed by atoms with Gasteiger partial charge in [0, 0.05) is 29.4 Å². The van der Waals surface area contributed by atoms with Crippen LogP contribution in [-0.2, 0) is 16.0 Å². The van der Waals surface area contributed by atoms with Gasteiger partial charge in [0.2, 0.25) is 0 Å². The molecule has 3 rings (SSSR count). The largest absolute Gasteiger partial charge is 0.496 e. The van der Waals surface area contributed by atoms with Gasteiger partial charge in [0.25, 0.3) is 5.91 Å². The van der Waals surface area contributed by atoms with E-state index in [1.807, 2.05) is 24.3 Å². The number of ketones is 1. The maximum Gasteiger partial charge on any atom is 0.252 e. The average Bonchev–Trinajstić information content (AvgIpc) is 2.66. The summed E-state index contributed by atoms with van der Waals surface area (Å²) in [4.78, 5) is 29.4. The number of carbonyl (C=O) groups is 2. The molecule has 0 spiro atoms. The lowest BCUT2D eigenvalue weighted by molar-refractivity contribution is -0.116. The van der Waals surface area contributed by atoms with Gasteiger partial charge in [-0.2, -0.15) is 0 Å². The van der Waals surface area contributed by atoms with E-state index in [0.29, 0.717) is 23.3 Å². The third-order valence-electron chi connectivity index (χ3n) is 3.94. The Morgan fingerprint density at radius 2 is 1.92 bits per heavy atom. The summed E-state index contributed by atoms with van der Waals surface area (Å²) in [6.45, 7) is 0. The second-order valence-electron chi connectivity index (χ2n) is 5.59. The standard InChI is InChI=1S/C20H18N2O3/c1-25-18-11-10-17(22-20(24)14-7-3-2-4-8-14)19(23)16(18)13-15-9-5-6-12-21-15/h2-12,17H,13H2,1H3,(H,22,24). The molecule has 5 nitrogen and oxygen atoms in total. The Hall–Kier alpha value is -3.21. The number of aromatic nitrogens is 1. The van der Waals surface area contributed by atoms with Crippen LogP contribution in [0.5, 0.6) is 0 Å². The zero-order chi connectivity index (χ0) is 17.6. The summed E-state index contributed by atoms with van der Waals surface area (Å²) in [5.74, 6) is 0.0248. The van der Waals surface area contributed by atoms with Crippen molar-refractivity contribution in [3.63, 3.8) is 0 Å². The number of rotatable bonds is 5. The van der Waals surface area contributed by atoms with Crippen LogP contribution in [0, 0.1) is 0 Å². The van der Waals surface area contributed by atoms with E-state index in [1.54, 1.807) is 42.6 Å². The van der Waals surface area contributed by atoms with Gasteiger partial charge in [0.1, 0.15) is 11.8 Å². The van der Waals surface area contributed by atoms with Gasteiger partial charge in [0.15, 0.2) is 5.78 Å². The van der Waals surface area contributed by atoms with Crippen molar-refractivity contribution in [3.05, 3.63) is 89.5 Å². The summed E-state index contributed by atoms with van der Waals surface area (Å²) in [6, 6.07) is 13.6. The number of methoxy groups -OCH3 is 1. The molecule has 1 amide bonds. The third kappa shape index (κ3) is 3.83. The van der Waals surface area contributed by atoms with Crippen molar-refractivity contribution in [2.24, 2.45) is 0 Å². The van der Waals surface area contributed by atoms with Gasteiger partial charge in [-0.05, 0) is 30.3 Å². The van der Waals surface area contributed by atoms with E-state index < -0.39 is 6.04 Å². The van der Waals surface area contributed by atoms with Gasteiger partial charge in [-0.1, -0.05) is 30.3 Å². The monoisotopic (exact) mass is 334 g/mol. The molecule has 5 heteroatoms. The highest BCUT2D eigenvalue weighted by atomic mass is 16.5. The van der Waals surface area contributed by atoms with Crippen LogP contribution >= 0.6 is 0 Å². The van der Waals surface area contributed by atoms with Crippen molar-refractivity contribution in [2.45, 2.75) is 12.5 Å². The van der Waals surface area contributed by atoms with Crippen molar-refractivity contribution >= 4 is 11.7 Å². The molecule has 0 saturated heterocycles. The summed E-state index contributed by atoms with van der Waals surface area (Å²) >= 11 is 0. The Morgan fingerprint density at radius 3 is 2.60 bits per heavy atom. The van der Waals surface area contributed by atoms with Gasteiger partial charge >= 0.3 is 0 Å². The maximum absolute atomic E-state index is 12.8. The van der Waals surface area contributed by atoms with Crippen molar-refractivity contribution < 1.29 is 14.3 Å². The molecule has 0 bridgehead atoms. The first kappa shape index (κ1) is 16.6. The van der Waals surface area contributed by atoms with E-state index in [-0.39, 0.29) is 11.7 Å². The smallest absolute Gasteiger partial charge is 0.252 e. The highest BCUT2D eigenvalue weighted by molar-refractivity contribution is 6.06. The summed E-state index contributed by atoms with van der Waals surface area (Å²) in [5.41, 5.74) is 1.78. The van der Waals surface area contributed by atoms with Crippen LogP contribution in [0.4, 0.5) is 0 Å². The zero-order valence-electron chi connectivity index (χ0n) is 13.8. The molecule has 1 aromatic carbocycles. The number of amides is 1. The van der Waals surface area contributed by atoms with Gasteiger partial charge < -0.3 is 10.1 Å². The molecule has 1 aliphatic rings. The fraction of sp³-hybridized carbons (Fsp3) is 0.150. The van der Waals surface area contributed by atoms with E-state index in [0.717, 1.165) is 5.69 Å². The summed E-state index contributed by atoms with van der Waals surface area (Å²) in [6.07, 6.45) is 5.39. The number of nitrogens with zero attached hydrogens (tertiary/aromatic N) is 1. The topological polar surface area (TPSA) is 68.3 Å². The van der Waals surface area contributed by atoms with Gasteiger partial charge in [-0.25, -0.2) is 0 Å². The molecule has 1 heterocycles. The van der Waals surface area contributed by atoms with Gasteiger partial charge in [-0.15, -0.1) is 0 Å². The molecule has 0 aliphatic heterocycles. The summed E-state index contributed by atoms with van der Waals surface area (Å²) in [7, 11) is 1.52. The molecule has 0 saturated carbocycles. The van der Waals surface area contributed by atoms with Crippen molar-refractivity contribution in [1.29, 1.82) is 0 Å². The first-order chi connectivity index (χ1) is 12.2. The number of carbonyl (C=O) groups excluding carboxylic acids is 2. The fourth-order valence-corrected chi connectivity index (χ4v) is 2.66. The molecule has 1 aromatic heterocycles. The van der Waals surface area contributed by atoms with E-state index in [1.165, 1.54) is 7.11 Å². The second kappa shape index (κ2) is 7.57. The van der Waals surface area contributed by atoms with Crippen LogP contribution in [-0.4, -0.2) is 29.8 Å². The highest BCUT2D eigenvalue weighted by Gasteiger charge is 2.28. The maximum atomic E-state index is 12.8. The summed E-state index contributed by atoms with van der Waals surface area (Å²) < 4.78 is 5.32. The number of Topliss-reactive ketones (excluding diaryl/α,β-unsaturated/α-hetero) is 1. The lowest BCUT2D eigenvalue weighted by Crippen LogP contribution is -2.42. The number of benzene rings is 1. The number of pyridine rings is 1. The SMILES string of the molecule is COC1=C(Cc2ccccn2)C(=O)C(NC(=O)c2ccccc2)C=C1. The molecule has 0 radical (unpaired) electrons. The Kier molecular flexibility index (Phi) is 5.04. The number of ether oxygens (including phenoxy) is 1. The number of allylic oxidation sites excluding steroid dienone is 1. The number of nitrogens with one attached hydrogen (secondary N) is 1. The lowest BCUT2D eigenvalue weighted by Gasteiger charge is -2.21. The summed E-state index contributed by atoms with van der Waals surface area (Å²) in [5, 5.41) is 2.76. The van der Waals surface area contributed by atoms with E-state index >= 15 is 0 Å². The average molecular weight is 334 g/mol. The first-order valence-corrected chi connectivity index (χ1v) is 7.94. The van der Waals surface area contributed by atoms with Crippen LogP contribution in [0.2, 0.25) is 0 Å². The van der Waals surface area contributed by atoms with E-state index in [9.17, 15) is 9.59 Å². The van der Waals surface area contributed by atoms with Crippen LogP contribution in [0.15, 0.2) is 78.2 Å². The molecule has 2 aromatic rings. The molecular weight excluding hydrogens is 316 g/mol. The molecule has 1 aliphatic carbocycles. The van der Waals surface area contributed by atoms with Crippen LogP contribution < -0.4 is 5.32 Å². The van der Waals surface area contributed by atoms with Crippen molar-refractivity contribution in [1.82, 2.24) is 10.3 Å². The predicted molar refractivity (Wildman–Crippen MR) is 93.8 cm³/mol. The Labute approximate surface area is 146 Å². The van der Waals surface area contributed by atoms with Crippen LogP contribution in [0.1, 0.15) is 16.1 Å². The fourth-order valence-electron chi connectivity index (χ4n) is 2.66. The quantitative estimate of drug-likeness (QED) is 0.912. The molecule has 0 fully saturated rings.